The van der Waals surface area contributed by atoms with E-state index < -0.39 is 0 Å². The minimum absolute atomic E-state index is 0.360. The summed E-state index contributed by atoms with van der Waals surface area (Å²) >= 11 is 0. The van der Waals surface area contributed by atoms with Crippen LogP contribution in [0.3, 0.4) is 0 Å². The molecule has 0 aromatic carbocycles. The monoisotopic (exact) mass is 140 g/mol. The van der Waals surface area contributed by atoms with E-state index in [1.165, 1.54) is 19.3 Å². The highest BCUT2D eigenvalue weighted by molar-refractivity contribution is 5.75. The number of hydrogen-bond donors (Lipinski definition) is 0. The first-order valence-corrected chi connectivity index (χ1v) is 4.18. The average Bonchev–Trinajstić information content (AvgIpc) is 2.13. The smallest absolute Gasteiger partial charge is 0.130 e. The maximum atomic E-state index is 10.7. The summed E-state index contributed by atoms with van der Waals surface area (Å²) in [5, 5.41) is 0. The Morgan fingerprint density at radius 3 is 2.60 bits per heavy atom. The highest BCUT2D eigenvalue weighted by Crippen LogP contribution is 2.32. The molecule has 1 heteroatoms. The second-order valence-corrected chi connectivity index (χ2v) is 3.69. The van der Waals surface area contributed by atoms with Crippen molar-refractivity contribution in [3.8, 4) is 0 Å². The second-order valence-electron chi connectivity index (χ2n) is 3.69. The van der Waals surface area contributed by atoms with E-state index >= 15 is 0 Å². The summed E-state index contributed by atoms with van der Waals surface area (Å²) in [4.78, 5) is 10.7. The summed E-state index contributed by atoms with van der Waals surface area (Å²) in [7, 11) is 0. The van der Waals surface area contributed by atoms with Crippen molar-refractivity contribution >= 4 is 5.78 Å². The first-order chi connectivity index (χ1) is 4.68. The number of rotatable bonds is 2. The summed E-state index contributed by atoms with van der Waals surface area (Å²) in [5.74, 6) is 1.94. The molecular weight excluding hydrogens is 124 g/mol. The molecule has 1 saturated carbocycles. The van der Waals surface area contributed by atoms with E-state index in [4.69, 9.17) is 0 Å². The standard InChI is InChI=1S/C9H16O/c1-7-3-4-9(5-7)6-8(2)10/h7,9H,3-6H2,1-2H3. The van der Waals surface area contributed by atoms with Gasteiger partial charge in [-0.25, -0.2) is 0 Å². The van der Waals surface area contributed by atoms with Crippen molar-refractivity contribution in [2.45, 2.75) is 39.5 Å². The Bertz CT molecular complexity index is 129. The number of carbonyl (C=O) groups excluding carboxylic acids is 1. The van der Waals surface area contributed by atoms with Crippen molar-refractivity contribution in [1.82, 2.24) is 0 Å². The highest BCUT2D eigenvalue weighted by atomic mass is 16.1. The Hall–Kier alpha value is -0.330. The quantitative estimate of drug-likeness (QED) is 0.575. The lowest BCUT2D eigenvalue weighted by molar-refractivity contribution is -0.117. The largest absolute Gasteiger partial charge is 0.300 e. The molecule has 0 aromatic rings. The summed E-state index contributed by atoms with van der Waals surface area (Å²) in [6.07, 6.45) is 4.71. The molecule has 0 heterocycles. The van der Waals surface area contributed by atoms with E-state index in [2.05, 4.69) is 6.92 Å². The Morgan fingerprint density at radius 2 is 2.20 bits per heavy atom. The van der Waals surface area contributed by atoms with Crippen molar-refractivity contribution in [2.24, 2.45) is 11.8 Å². The van der Waals surface area contributed by atoms with E-state index in [1.807, 2.05) is 0 Å². The van der Waals surface area contributed by atoms with E-state index in [9.17, 15) is 4.79 Å². The summed E-state index contributed by atoms with van der Waals surface area (Å²) in [6.45, 7) is 3.98. The molecule has 0 aromatic heterocycles. The molecule has 0 aliphatic heterocycles. The molecule has 1 fully saturated rings. The minimum atomic E-state index is 0.360. The maximum absolute atomic E-state index is 10.7. The van der Waals surface area contributed by atoms with Crippen molar-refractivity contribution < 1.29 is 4.79 Å². The van der Waals surface area contributed by atoms with Crippen LogP contribution in [0.1, 0.15) is 39.5 Å². The van der Waals surface area contributed by atoms with Crippen LogP contribution in [-0.2, 0) is 4.79 Å². The van der Waals surface area contributed by atoms with Gasteiger partial charge in [-0.3, -0.25) is 0 Å². The lowest BCUT2D eigenvalue weighted by Crippen LogP contribution is -2.01. The van der Waals surface area contributed by atoms with Crippen LogP contribution >= 0.6 is 0 Å². The molecule has 0 bridgehead atoms. The van der Waals surface area contributed by atoms with Gasteiger partial charge >= 0.3 is 0 Å². The van der Waals surface area contributed by atoms with Crippen LogP contribution in [0.25, 0.3) is 0 Å². The average molecular weight is 140 g/mol. The Balaban J connectivity index is 2.24. The normalized spacial score (nSPS) is 32.6. The molecule has 58 valence electrons. The van der Waals surface area contributed by atoms with Gasteiger partial charge in [0.05, 0.1) is 0 Å². The number of carbonyl (C=O) groups is 1. The number of hydrogen-bond acceptors (Lipinski definition) is 1. The van der Waals surface area contributed by atoms with Gasteiger partial charge in [0.15, 0.2) is 0 Å². The second kappa shape index (κ2) is 3.18. The fourth-order valence-electron chi connectivity index (χ4n) is 1.92. The number of ketones is 1. The molecule has 10 heavy (non-hydrogen) atoms. The van der Waals surface area contributed by atoms with Gasteiger partial charge in [0.1, 0.15) is 5.78 Å². The van der Waals surface area contributed by atoms with Crippen molar-refractivity contribution in [3.05, 3.63) is 0 Å². The maximum Gasteiger partial charge on any atom is 0.130 e. The summed E-state index contributed by atoms with van der Waals surface area (Å²) < 4.78 is 0. The molecule has 0 radical (unpaired) electrons. The van der Waals surface area contributed by atoms with E-state index in [-0.39, 0.29) is 0 Å². The van der Waals surface area contributed by atoms with Crippen LogP contribution in [-0.4, -0.2) is 5.78 Å². The molecule has 1 rings (SSSR count). The zero-order valence-electron chi connectivity index (χ0n) is 6.89. The first kappa shape index (κ1) is 7.77. The third-order valence-corrected chi connectivity index (χ3v) is 2.38. The molecule has 1 nitrogen and oxygen atoms in total. The lowest BCUT2D eigenvalue weighted by Gasteiger charge is -2.04. The zero-order chi connectivity index (χ0) is 7.56. The van der Waals surface area contributed by atoms with Crippen LogP contribution in [0.4, 0.5) is 0 Å². The van der Waals surface area contributed by atoms with Crippen molar-refractivity contribution in [1.29, 1.82) is 0 Å². The van der Waals surface area contributed by atoms with Crippen molar-refractivity contribution in [2.75, 3.05) is 0 Å². The van der Waals surface area contributed by atoms with Crippen LogP contribution < -0.4 is 0 Å². The fourth-order valence-corrected chi connectivity index (χ4v) is 1.92. The molecule has 1 aliphatic rings. The van der Waals surface area contributed by atoms with Crippen LogP contribution in [0.15, 0.2) is 0 Å². The van der Waals surface area contributed by atoms with Crippen LogP contribution in [0.5, 0.6) is 0 Å². The topological polar surface area (TPSA) is 17.1 Å². The van der Waals surface area contributed by atoms with Crippen LogP contribution in [0, 0.1) is 11.8 Å². The lowest BCUT2D eigenvalue weighted by atomic mass is 10.0. The molecule has 0 saturated heterocycles. The zero-order valence-corrected chi connectivity index (χ0v) is 6.89. The van der Waals surface area contributed by atoms with E-state index in [0.29, 0.717) is 11.7 Å². The van der Waals surface area contributed by atoms with Gasteiger partial charge in [-0.15, -0.1) is 0 Å². The van der Waals surface area contributed by atoms with E-state index in [0.717, 1.165) is 12.3 Å². The SMILES string of the molecule is CC(=O)CC1CCC(C)C1. The molecule has 2 atom stereocenters. The van der Waals surface area contributed by atoms with Gasteiger partial charge in [-0.05, 0) is 31.6 Å². The van der Waals surface area contributed by atoms with Gasteiger partial charge in [-0.2, -0.15) is 0 Å². The van der Waals surface area contributed by atoms with Crippen LogP contribution in [0.2, 0.25) is 0 Å². The summed E-state index contributed by atoms with van der Waals surface area (Å²) in [6, 6.07) is 0. The Labute approximate surface area is 62.8 Å². The Kier molecular flexibility index (Phi) is 2.47. The minimum Gasteiger partial charge on any atom is -0.300 e. The van der Waals surface area contributed by atoms with Gasteiger partial charge in [0.25, 0.3) is 0 Å². The Morgan fingerprint density at radius 1 is 1.50 bits per heavy atom. The van der Waals surface area contributed by atoms with Gasteiger partial charge < -0.3 is 4.79 Å². The fraction of sp³-hybridized carbons (Fsp3) is 0.889. The summed E-state index contributed by atoms with van der Waals surface area (Å²) in [5.41, 5.74) is 0. The van der Waals surface area contributed by atoms with Gasteiger partial charge in [0, 0.05) is 6.42 Å². The molecule has 2 unspecified atom stereocenters. The number of Topliss-reactive ketones (excluding diaryl/α,β-unsaturated/α-hetero) is 1. The molecular formula is C9H16O. The predicted octanol–water partition coefficient (Wildman–Crippen LogP) is 2.40. The molecule has 0 amide bonds. The molecule has 0 spiro atoms. The van der Waals surface area contributed by atoms with Crippen molar-refractivity contribution in [3.63, 3.8) is 0 Å². The van der Waals surface area contributed by atoms with Gasteiger partial charge in [-0.1, -0.05) is 13.3 Å². The van der Waals surface area contributed by atoms with E-state index in [1.54, 1.807) is 6.92 Å². The van der Waals surface area contributed by atoms with Gasteiger partial charge in [0.2, 0.25) is 0 Å². The molecule has 1 aliphatic carbocycles. The predicted molar refractivity (Wildman–Crippen MR) is 41.8 cm³/mol. The third-order valence-electron chi connectivity index (χ3n) is 2.38. The third kappa shape index (κ3) is 2.13. The first-order valence-electron chi connectivity index (χ1n) is 4.18. The highest BCUT2D eigenvalue weighted by Gasteiger charge is 2.21. The molecule has 0 N–H and O–H groups in total.